The maximum atomic E-state index is 13.3. The summed E-state index contributed by atoms with van der Waals surface area (Å²) >= 11 is 0. The maximum Gasteiger partial charge on any atom is 0.183 e. The van der Waals surface area contributed by atoms with Crippen LogP contribution in [0.5, 0.6) is 0 Å². The number of ether oxygens (including phenoxy) is 4. The molecule has 144 valence electrons. The molecule has 3 rings (SSSR count). The summed E-state index contributed by atoms with van der Waals surface area (Å²) in [6.07, 6.45) is 4.80. The molecule has 0 aromatic heterocycles. The van der Waals surface area contributed by atoms with Gasteiger partial charge in [0.05, 0.1) is 26.4 Å². The first kappa shape index (κ1) is 19.4. The van der Waals surface area contributed by atoms with Gasteiger partial charge >= 0.3 is 0 Å². The average Bonchev–Trinajstić information content (AvgIpc) is 2.68. The van der Waals surface area contributed by atoms with E-state index in [9.17, 15) is 8.78 Å². The van der Waals surface area contributed by atoms with Crippen LogP contribution in [-0.2, 0) is 18.9 Å². The Hall–Kier alpha value is -1.34. The molecule has 6 heteroatoms. The molecule has 0 bridgehead atoms. The van der Waals surface area contributed by atoms with E-state index < -0.39 is 17.9 Å². The standard InChI is InChI=1S/C20H26F2O4/c1-2-3-4-14-10-23-19(24-11-14)8-5-15-12-25-20(26-13-15)16-6-7-17(21)18(22)9-16/h2,6-7,9,14-15,19-20H,1,3-5,8,10-13H2/t14-,15-,19-,20-. The van der Waals surface area contributed by atoms with Crippen molar-refractivity contribution in [2.45, 2.75) is 38.3 Å². The molecule has 2 fully saturated rings. The molecule has 2 aliphatic heterocycles. The maximum absolute atomic E-state index is 13.3. The molecule has 0 spiro atoms. The highest BCUT2D eigenvalue weighted by atomic mass is 19.2. The highest BCUT2D eigenvalue weighted by Gasteiger charge is 2.27. The van der Waals surface area contributed by atoms with Gasteiger partial charge in [0.1, 0.15) is 0 Å². The van der Waals surface area contributed by atoms with Crippen LogP contribution in [0.4, 0.5) is 8.78 Å². The van der Waals surface area contributed by atoms with Crippen molar-refractivity contribution < 1.29 is 27.7 Å². The lowest BCUT2D eigenvalue weighted by Crippen LogP contribution is -2.33. The van der Waals surface area contributed by atoms with Gasteiger partial charge in [-0.25, -0.2) is 8.78 Å². The van der Waals surface area contributed by atoms with E-state index >= 15 is 0 Å². The van der Waals surface area contributed by atoms with E-state index in [1.165, 1.54) is 6.07 Å². The monoisotopic (exact) mass is 368 g/mol. The van der Waals surface area contributed by atoms with Gasteiger partial charge in [0, 0.05) is 17.4 Å². The molecule has 0 saturated carbocycles. The van der Waals surface area contributed by atoms with Gasteiger partial charge in [-0.2, -0.15) is 0 Å². The first-order chi connectivity index (χ1) is 12.7. The van der Waals surface area contributed by atoms with Gasteiger partial charge in [-0.15, -0.1) is 6.58 Å². The van der Waals surface area contributed by atoms with E-state index in [1.54, 1.807) is 0 Å². The summed E-state index contributed by atoms with van der Waals surface area (Å²) in [6, 6.07) is 3.69. The van der Waals surface area contributed by atoms with E-state index in [2.05, 4.69) is 6.58 Å². The Labute approximate surface area is 153 Å². The second-order valence-corrected chi connectivity index (χ2v) is 6.94. The van der Waals surface area contributed by atoms with Crippen LogP contribution in [0.2, 0.25) is 0 Å². The smallest absolute Gasteiger partial charge is 0.183 e. The Kier molecular flexibility index (Phi) is 7.14. The molecule has 0 amide bonds. The molecule has 1 aromatic carbocycles. The molecule has 0 aliphatic carbocycles. The zero-order chi connectivity index (χ0) is 18.4. The van der Waals surface area contributed by atoms with Gasteiger partial charge in [0.2, 0.25) is 0 Å². The van der Waals surface area contributed by atoms with E-state index in [0.29, 0.717) is 24.7 Å². The summed E-state index contributed by atoms with van der Waals surface area (Å²) in [5, 5.41) is 0. The second-order valence-electron chi connectivity index (χ2n) is 6.94. The number of rotatable bonds is 7. The Bertz CT molecular complexity index is 579. The molecule has 2 heterocycles. The number of hydrogen-bond donors (Lipinski definition) is 0. The average molecular weight is 368 g/mol. The molecule has 0 N–H and O–H groups in total. The fraction of sp³-hybridized carbons (Fsp3) is 0.600. The summed E-state index contributed by atoms with van der Waals surface area (Å²) < 4.78 is 49.2. The number of halogens is 2. The molecule has 2 aliphatic rings. The third-order valence-corrected chi connectivity index (χ3v) is 4.81. The summed E-state index contributed by atoms with van der Waals surface area (Å²) in [5.74, 6) is -1.08. The van der Waals surface area contributed by atoms with Gasteiger partial charge in [-0.1, -0.05) is 12.1 Å². The van der Waals surface area contributed by atoms with Gasteiger partial charge in [0.15, 0.2) is 24.2 Å². The van der Waals surface area contributed by atoms with Gasteiger partial charge in [0.25, 0.3) is 0 Å². The molecule has 0 atom stereocenters. The quantitative estimate of drug-likeness (QED) is 0.670. The molecule has 4 nitrogen and oxygen atoms in total. The normalized spacial score (nSPS) is 29.5. The van der Waals surface area contributed by atoms with E-state index in [-0.39, 0.29) is 12.2 Å². The molecule has 1 aromatic rings. The summed E-state index contributed by atoms with van der Waals surface area (Å²) in [6.45, 7) is 6.22. The zero-order valence-electron chi connectivity index (χ0n) is 14.9. The topological polar surface area (TPSA) is 36.9 Å². The van der Waals surface area contributed by atoms with Crippen LogP contribution in [0, 0.1) is 23.5 Å². The van der Waals surface area contributed by atoms with E-state index in [4.69, 9.17) is 18.9 Å². The number of benzene rings is 1. The fourth-order valence-corrected chi connectivity index (χ4v) is 3.20. The van der Waals surface area contributed by atoms with Gasteiger partial charge < -0.3 is 18.9 Å². The first-order valence-corrected chi connectivity index (χ1v) is 9.18. The van der Waals surface area contributed by atoms with Crippen molar-refractivity contribution >= 4 is 0 Å². The highest BCUT2D eigenvalue weighted by Crippen LogP contribution is 2.29. The molecule has 0 radical (unpaired) electrons. The number of hydrogen-bond acceptors (Lipinski definition) is 4. The predicted molar refractivity (Wildman–Crippen MR) is 92.3 cm³/mol. The van der Waals surface area contributed by atoms with Crippen LogP contribution >= 0.6 is 0 Å². The highest BCUT2D eigenvalue weighted by molar-refractivity contribution is 5.19. The molecule has 2 saturated heterocycles. The largest absolute Gasteiger partial charge is 0.352 e. The van der Waals surface area contributed by atoms with E-state index in [1.807, 2.05) is 6.08 Å². The van der Waals surface area contributed by atoms with Crippen molar-refractivity contribution in [2.75, 3.05) is 26.4 Å². The minimum absolute atomic E-state index is 0.168. The summed E-state index contributed by atoms with van der Waals surface area (Å²) in [4.78, 5) is 0. The first-order valence-electron chi connectivity index (χ1n) is 9.18. The molecule has 0 unspecified atom stereocenters. The second kappa shape index (κ2) is 9.55. The van der Waals surface area contributed by atoms with Gasteiger partial charge in [-0.05, 0) is 37.8 Å². The van der Waals surface area contributed by atoms with Crippen LogP contribution < -0.4 is 0 Å². The van der Waals surface area contributed by atoms with Crippen LogP contribution in [0.15, 0.2) is 30.9 Å². The lowest BCUT2D eigenvalue weighted by Gasteiger charge is -2.32. The van der Waals surface area contributed by atoms with Gasteiger partial charge in [-0.3, -0.25) is 0 Å². The molecular weight excluding hydrogens is 342 g/mol. The number of allylic oxidation sites excluding steroid dienone is 1. The zero-order valence-corrected chi connectivity index (χ0v) is 14.9. The predicted octanol–water partition coefficient (Wildman–Crippen LogP) is 4.36. The van der Waals surface area contributed by atoms with Crippen LogP contribution in [0.25, 0.3) is 0 Å². The van der Waals surface area contributed by atoms with Crippen LogP contribution in [-0.4, -0.2) is 32.7 Å². The fourth-order valence-electron chi connectivity index (χ4n) is 3.20. The SMILES string of the molecule is C=CCC[C@H]1CO[C@H](CC[C@H]2CO[C@H](c3ccc(F)c(F)c3)OC2)OC1. The van der Waals surface area contributed by atoms with Crippen molar-refractivity contribution in [1.29, 1.82) is 0 Å². The van der Waals surface area contributed by atoms with Crippen molar-refractivity contribution in [1.82, 2.24) is 0 Å². The van der Waals surface area contributed by atoms with Crippen molar-refractivity contribution in [3.05, 3.63) is 48.1 Å². The van der Waals surface area contributed by atoms with Crippen LogP contribution in [0.1, 0.15) is 37.5 Å². The Balaban J connectivity index is 1.35. The van der Waals surface area contributed by atoms with Crippen molar-refractivity contribution in [2.24, 2.45) is 11.8 Å². The Morgan fingerprint density at radius 1 is 0.885 bits per heavy atom. The third-order valence-electron chi connectivity index (χ3n) is 4.81. The lowest BCUT2D eigenvalue weighted by atomic mass is 10.0. The van der Waals surface area contributed by atoms with Crippen molar-refractivity contribution in [3.8, 4) is 0 Å². The summed E-state index contributed by atoms with van der Waals surface area (Å²) in [7, 11) is 0. The minimum atomic E-state index is -0.894. The Morgan fingerprint density at radius 3 is 2.19 bits per heavy atom. The van der Waals surface area contributed by atoms with Crippen molar-refractivity contribution in [3.63, 3.8) is 0 Å². The third kappa shape index (κ3) is 5.33. The molecular formula is C20H26F2O4. The lowest BCUT2D eigenvalue weighted by molar-refractivity contribution is -0.220. The minimum Gasteiger partial charge on any atom is -0.352 e. The molecule has 26 heavy (non-hydrogen) atoms. The van der Waals surface area contributed by atoms with E-state index in [0.717, 1.165) is 51.0 Å². The van der Waals surface area contributed by atoms with Crippen LogP contribution in [0.3, 0.4) is 0 Å². The summed E-state index contributed by atoms with van der Waals surface area (Å²) in [5.41, 5.74) is 0.492. The Morgan fingerprint density at radius 2 is 1.54 bits per heavy atom.